The minimum absolute atomic E-state index is 0.0744. The molecule has 0 saturated heterocycles. The molecule has 0 radical (unpaired) electrons. The Bertz CT molecular complexity index is 700. The van der Waals surface area contributed by atoms with Crippen LogP contribution in [0.25, 0.3) is 0 Å². The molecule has 0 spiro atoms. The fourth-order valence-corrected chi connectivity index (χ4v) is 1.83. The topological polar surface area (TPSA) is 97.2 Å². The number of hydrogen-bond acceptors (Lipinski definition) is 5. The normalized spacial score (nSPS) is 10.0. The van der Waals surface area contributed by atoms with E-state index in [0.29, 0.717) is 22.8 Å². The van der Waals surface area contributed by atoms with Gasteiger partial charge in [-0.05, 0) is 25.1 Å². The molecule has 0 aliphatic carbocycles. The number of nitro groups is 1. The molecule has 108 valence electrons. The summed E-state index contributed by atoms with van der Waals surface area (Å²) < 4.78 is 0. The molecule has 0 bridgehead atoms. The Labute approximate surface area is 121 Å². The van der Waals surface area contributed by atoms with Crippen molar-refractivity contribution in [1.82, 2.24) is 4.98 Å². The second-order valence-electron chi connectivity index (χ2n) is 4.39. The molecular weight excluding hydrogens is 272 g/mol. The van der Waals surface area contributed by atoms with Crippen LogP contribution < -0.4 is 10.6 Å². The molecule has 7 nitrogen and oxygen atoms in total. The van der Waals surface area contributed by atoms with Crippen molar-refractivity contribution in [2.24, 2.45) is 0 Å². The van der Waals surface area contributed by atoms with E-state index in [1.54, 1.807) is 32.2 Å². The lowest BCUT2D eigenvalue weighted by molar-refractivity contribution is -0.384. The summed E-state index contributed by atoms with van der Waals surface area (Å²) in [5.74, 6) is 0.233. The monoisotopic (exact) mass is 286 g/mol. The third-order valence-corrected chi connectivity index (χ3v) is 2.79. The lowest BCUT2D eigenvalue weighted by atomic mass is 10.2. The number of aryl methyl sites for hydroxylation is 1. The average Bonchev–Trinajstić information content (AvgIpc) is 2.46. The molecule has 0 atom stereocenters. The molecule has 1 aromatic carbocycles. The molecular formula is C14H14N4O3. The van der Waals surface area contributed by atoms with E-state index in [9.17, 15) is 14.9 Å². The molecule has 0 unspecified atom stereocenters. The first kappa shape index (κ1) is 14.4. The Morgan fingerprint density at radius 2 is 2.05 bits per heavy atom. The zero-order valence-corrected chi connectivity index (χ0v) is 11.6. The SMILES string of the molecule is CNc1cc(C(=O)Nc2cccc([N+](=O)[O-])c2)cc(C)n1. The minimum Gasteiger partial charge on any atom is -0.373 e. The quantitative estimate of drug-likeness (QED) is 0.665. The van der Waals surface area contributed by atoms with E-state index in [1.165, 1.54) is 18.2 Å². The van der Waals surface area contributed by atoms with Crippen molar-refractivity contribution in [3.05, 3.63) is 57.8 Å². The highest BCUT2D eigenvalue weighted by molar-refractivity contribution is 6.04. The average molecular weight is 286 g/mol. The molecule has 2 N–H and O–H groups in total. The number of pyridine rings is 1. The lowest BCUT2D eigenvalue weighted by Crippen LogP contribution is -2.13. The molecule has 0 fully saturated rings. The van der Waals surface area contributed by atoms with E-state index in [1.807, 2.05) is 0 Å². The van der Waals surface area contributed by atoms with Crippen LogP contribution in [0.1, 0.15) is 16.1 Å². The zero-order chi connectivity index (χ0) is 15.4. The van der Waals surface area contributed by atoms with Crippen LogP contribution in [-0.2, 0) is 0 Å². The Balaban J connectivity index is 2.23. The molecule has 1 amide bonds. The number of benzene rings is 1. The number of amides is 1. The van der Waals surface area contributed by atoms with Gasteiger partial charge in [0.05, 0.1) is 4.92 Å². The van der Waals surface area contributed by atoms with Gasteiger partial charge < -0.3 is 10.6 Å². The molecule has 0 saturated carbocycles. The lowest BCUT2D eigenvalue weighted by Gasteiger charge is -2.08. The van der Waals surface area contributed by atoms with Gasteiger partial charge in [-0.3, -0.25) is 14.9 Å². The van der Waals surface area contributed by atoms with Crippen molar-refractivity contribution in [2.45, 2.75) is 6.92 Å². The minimum atomic E-state index is -0.509. The van der Waals surface area contributed by atoms with E-state index in [0.717, 1.165) is 0 Å². The molecule has 21 heavy (non-hydrogen) atoms. The van der Waals surface area contributed by atoms with Crippen LogP contribution in [0.15, 0.2) is 36.4 Å². The maximum Gasteiger partial charge on any atom is 0.271 e. The Morgan fingerprint density at radius 3 is 2.71 bits per heavy atom. The van der Waals surface area contributed by atoms with Crippen LogP contribution in [0, 0.1) is 17.0 Å². The maximum absolute atomic E-state index is 12.2. The summed E-state index contributed by atoms with van der Waals surface area (Å²) in [7, 11) is 1.71. The Hall–Kier alpha value is -2.96. The number of nitrogens with zero attached hydrogens (tertiary/aromatic N) is 2. The standard InChI is InChI=1S/C14H14N4O3/c1-9-6-10(7-13(15-2)16-9)14(19)17-11-4-3-5-12(8-11)18(20)21/h3-8H,1-2H3,(H,15,16)(H,17,19). The van der Waals surface area contributed by atoms with Crippen molar-refractivity contribution >= 4 is 23.1 Å². The number of nitro benzene ring substituents is 1. The van der Waals surface area contributed by atoms with Gasteiger partial charge in [0.25, 0.3) is 11.6 Å². The third kappa shape index (κ3) is 3.53. The Kier molecular flexibility index (Phi) is 4.13. The number of rotatable bonds is 4. The van der Waals surface area contributed by atoms with Gasteiger partial charge >= 0.3 is 0 Å². The van der Waals surface area contributed by atoms with Crippen LogP contribution in [0.4, 0.5) is 17.2 Å². The van der Waals surface area contributed by atoms with Gasteiger partial charge in [-0.25, -0.2) is 4.98 Å². The van der Waals surface area contributed by atoms with Gasteiger partial charge in [0.1, 0.15) is 5.82 Å². The number of nitrogens with one attached hydrogen (secondary N) is 2. The summed E-state index contributed by atoms with van der Waals surface area (Å²) in [6.45, 7) is 1.78. The summed E-state index contributed by atoms with van der Waals surface area (Å²) in [5, 5.41) is 16.2. The summed E-state index contributed by atoms with van der Waals surface area (Å²) in [5.41, 5.74) is 1.42. The van der Waals surface area contributed by atoms with Crippen LogP contribution in [0.3, 0.4) is 0 Å². The molecule has 0 aliphatic rings. The summed E-state index contributed by atoms with van der Waals surface area (Å²) in [4.78, 5) is 26.6. The fourth-order valence-electron chi connectivity index (χ4n) is 1.83. The second-order valence-corrected chi connectivity index (χ2v) is 4.39. The first-order chi connectivity index (χ1) is 9.99. The van der Waals surface area contributed by atoms with E-state index in [2.05, 4.69) is 15.6 Å². The molecule has 2 aromatic rings. The molecule has 1 heterocycles. The number of hydrogen-bond donors (Lipinski definition) is 2. The van der Waals surface area contributed by atoms with E-state index < -0.39 is 4.92 Å². The molecule has 0 aliphatic heterocycles. The predicted molar refractivity (Wildman–Crippen MR) is 79.6 cm³/mol. The highest BCUT2D eigenvalue weighted by Crippen LogP contribution is 2.18. The number of carbonyl (C=O) groups excluding carboxylic acids is 1. The first-order valence-corrected chi connectivity index (χ1v) is 6.22. The summed E-state index contributed by atoms with van der Waals surface area (Å²) in [6, 6.07) is 9.05. The molecule has 7 heteroatoms. The number of anilines is 2. The number of non-ortho nitro benzene ring substituents is 1. The van der Waals surface area contributed by atoms with E-state index in [4.69, 9.17) is 0 Å². The van der Waals surface area contributed by atoms with Gasteiger partial charge in [0.15, 0.2) is 0 Å². The maximum atomic E-state index is 12.2. The van der Waals surface area contributed by atoms with Gasteiger partial charge in [0.2, 0.25) is 0 Å². The highest BCUT2D eigenvalue weighted by atomic mass is 16.6. The van der Waals surface area contributed by atoms with Crippen molar-refractivity contribution in [3.8, 4) is 0 Å². The van der Waals surface area contributed by atoms with Crippen molar-refractivity contribution < 1.29 is 9.72 Å². The first-order valence-electron chi connectivity index (χ1n) is 6.22. The van der Waals surface area contributed by atoms with E-state index in [-0.39, 0.29) is 11.6 Å². The van der Waals surface area contributed by atoms with Gasteiger partial charge in [-0.15, -0.1) is 0 Å². The molecule has 1 aromatic heterocycles. The van der Waals surface area contributed by atoms with Crippen molar-refractivity contribution in [1.29, 1.82) is 0 Å². The van der Waals surface area contributed by atoms with Crippen molar-refractivity contribution in [3.63, 3.8) is 0 Å². The summed E-state index contributed by atoms with van der Waals surface area (Å²) >= 11 is 0. The zero-order valence-electron chi connectivity index (χ0n) is 11.6. The summed E-state index contributed by atoms with van der Waals surface area (Å²) in [6.07, 6.45) is 0. The fraction of sp³-hybridized carbons (Fsp3) is 0.143. The highest BCUT2D eigenvalue weighted by Gasteiger charge is 2.11. The second kappa shape index (κ2) is 6.00. The van der Waals surface area contributed by atoms with Gasteiger partial charge in [-0.1, -0.05) is 6.07 Å². The van der Waals surface area contributed by atoms with Crippen LogP contribution in [0.5, 0.6) is 0 Å². The number of aromatic nitrogens is 1. The third-order valence-electron chi connectivity index (χ3n) is 2.79. The van der Waals surface area contributed by atoms with Crippen molar-refractivity contribution in [2.75, 3.05) is 17.7 Å². The van der Waals surface area contributed by atoms with Crippen LogP contribution in [-0.4, -0.2) is 22.9 Å². The Morgan fingerprint density at radius 1 is 1.29 bits per heavy atom. The smallest absolute Gasteiger partial charge is 0.271 e. The molecule has 2 rings (SSSR count). The van der Waals surface area contributed by atoms with Gasteiger partial charge in [-0.2, -0.15) is 0 Å². The largest absolute Gasteiger partial charge is 0.373 e. The van der Waals surface area contributed by atoms with E-state index >= 15 is 0 Å². The number of carbonyl (C=O) groups is 1. The van der Waals surface area contributed by atoms with Crippen LogP contribution >= 0.6 is 0 Å². The van der Waals surface area contributed by atoms with Crippen LogP contribution in [0.2, 0.25) is 0 Å². The van der Waals surface area contributed by atoms with Gasteiger partial charge in [0, 0.05) is 36.1 Å². The predicted octanol–water partition coefficient (Wildman–Crippen LogP) is 2.59.